The fourth-order valence-corrected chi connectivity index (χ4v) is 1.08. The van der Waals surface area contributed by atoms with Crippen molar-refractivity contribution >= 4 is 0 Å². The molecule has 1 heterocycles. The van der Waals surface area contributed by atoms with Gasteiger partial charge in [0.1, 0.15) is 0 Å². The Morgan fingerprint density at radius 2 is 2.36 bits per heavy atom. The molecular formula is C8H17N5O. The minimum atomic E-state index is -0.0502. The van der Waals surface area contributed by atoms with Crippen LogP contribution in [0.5, 0.6) is 0 Å². The van der Waals surface area contributed by atoms with Gasteiger partial charge >= 0.3 is 0 Å². The number of ether oxygens (including phenoxy) is 1. The van der Waals surface area contributed by atoms with Crippen LogP contribution in [0.25, 0.3) is 0 Å². The third-order valence-corrected chi connectivity index (χ3v) is 1.67. The van der Waals surface area contributed by atoms with Gasteiger partial charge in [0.05, 0.1) is 13.7 Å². The average molecular weight is 199 g/mol. The summed E-state index contributed by atoms with van der Waals surface area (Å²) in [7, 11) is 1.73. The maximum Gasteiger partial charge on any atom is 0.176 e. The van der Waals surface area contributed by atoms with Gasteiger partial charge in [0, 0.05) is 19.1 Å². The minimum Gasteiger partial charge on any atom is -0.380 e. The summed E-state index contributed by atoms with van der Waals surface area (Å²) >= 11 is 0. The third-order valence-electron chi connectivity index (χ3n) is 1.67. The zero-order valence-electron chi connectivity index (χ0n) is 8.68. The maximum absolute atomic E-state index is 5.81. The smallest absolute Gasteiger partial charge is 0.176 e. The molecular weight excluding hydrogens is 182 g/mol. The molecule has 14 heavy (non-hydrogen) atoms. The highest BCUT2D eigenvalue weighted by atomic mass is 16.5. The third kappa shape index (κ3) is 3.80. The second-order valence-corrected chi connectivity index (χ2v) is 3.23. The van der Waals surface area contributed by atoms with Crippen LogP contribution in [-0.2, 0) is 18.2 Å². The fraction of sp³-hybridized carbons (Fsp3) is 0.875. The van der Waals surface area contributed by atoms with Crippen molar-refractivity contribution in [2.24, 2.45) is 12.8 Å². The molecule has 1 unspecified atom stereocenters. The van der Waals surface area contributed by atoms with Crippen LogP contribution in [0.2, 0.25) is 0 Å². The first-order valence-electron chi connectivity index (χ1n) is 4.78. The molecule has 0 radical (unpaired) electrons. The summed E-state index contributed by atoms with van der Waals surface area (Å²) in [6.45, 7) is 3.36. The van der Waals surface area contributed by atoms with Crippen LogP contribution in [0.15, 0.2) is 0 Å². The largest absolute Gasteiger partial charge is 0.380 e. The van der Waals surface area contributed by atoms with Crippen LogP contribution in [0.4, 0.5) is 0 Å². The van der Waals surface area contributed by atoms with Gasteiger partial charge in [-0.1, -0.05) is 6.92 Å². The van der Waals surface area contributed by atoms with Gasteiger partial charge in [-0.15, -0.1) is 10.2 Å². The Balaban J connectivity index is 2.23. The summed E-state index contributed by atoms with van der Waals surface area (Å²) in [5, 5.41) is 11.6. The highest BCUT2D eigenvalue weighted by Gasteiger charge is 2.08. The zero-order chi connectivity index (χ0) is 10.4. The molecule has 0 aliphatic carbocycles. The van der Waals surface area contributed by atoms with E-state index in [1.165, 1.54) is 4.80 Å². The van der Waals surface area contributed by atoms with Gasteiger partial charge in [0.2, 0.25) is 0 Å². The van der Waals surface area contributed by atoms with E-state index in [4.69, 9.17) is 10.5 Å². The second-order valence-electron chi connectivity index (χ2n) is 3.23. The molecule has 0 saturated heterocycles. The van der Waals surface area contributed by atoms with E-state index < -0.39 is 0 Å². The first kappa shape index (κ1) is 11.1. The zero-order valence-corrected chi connectivity index (χ0v) is 8.68. The van der Waals surface area contributed by atoms with Crippen molar-refractivity contribution in [3.05, 3.63) is 5.82 Å². The number of tetrazole rings is 1. The Morgan fingerprint density at radius 1 is 1.57 bits per heavy atom. The molecule has 1 aromatic rings. The van der Waals surface area contributed by atoms with Gasteiger partial charge in [0.25, 0.3) is 0 Å². The molecule has 0 fully saturated rings. The van der Waals surface area contributed by atoms with Gasteiger partial charge in [-0.2, -0.15) is 4.80 Å². The minimum absolute atomic E-state index is 0.0502. The van der Waals surface area contributed by atoms with E-state index in [-0.39, 0.29) is 6.04 Å². The Morgan fingerprint density at radius 3 is 2.93 bits per heavy atom. The molecule has 0 saturated carbocycles. The number of hydrogen-bond donors (Lipinski definition) is 1. The van der Waals surface area contributed by atoms with Gasteiger partial charge in [-0.25, -0.2) is 0 Å². The first-order valence-corrected chi connectivity index (χ1v) is 4.78. The topological polar surface area (TPSA) is 78.9 Å². The molecule has 0 spiro atoms. The van der Waals surface area contributed by atoms with E-state index in [9.17, 15) is 0 Å². The maximum atomic E-state index is 5.81. The normalized spacial score (nSPS) is 13.1. The van der Waals surface area contributed by atoms with Gasteiger partial charge < -0.3 is 10.5 Å². The fourth-order valence-electron chi connectivity index (χ4n) is 1.08. The molecule has 1 rings (SSSR count). The monoisotopic (exact) mass is 199 g/mol. The second kappa shape index (κ2) is 5.66. The molecule has 6 nitrogen and oxygen atoms in total. The average Bonchev–Trinajstić information content (AvgIpc) is 2.52. The van der Waals surface area contributed by atoms with Crippen LogP contribution < -0.4 is 5.73 Å². The molecule has 1 aromatic heterocycles. The summed E-state index contributed by atoms with van der Waals surface area (Å²) in [5.74, 6) is 0.667. The molecule has 1 atom stereocenters. The summed E-state index contributed by atoms with van der Waals surface area (Å²) in [5.41, 5.74) is 5.81. The summed E-state index contributed by atoms with van der Waals surface area (Å²) in [6.07, 6.45) is 1.62. The number of aromatic nitrogens is 4. The van der Waals surface area contributed by atoms with Crippen LogP contribution in [0, 0.1) is 0 Å². The molecule has 0 bridgehead atoms. The molecule has 80 valence electrons. The van der Waals surface area contributed by atoms with Crippen molar-refractivity contribution in [2.75, 3.05) is 13.2 Å². The molecule has 6 heteroatoms. The summed E-state index contributed by atoms with van der Waals surface area (Å²) in [4.78, 5) is 1.43. The standard InChI is InChI=1S/C8H17N5O/c1-3-4-14-6-7(9)5-8-10-12-13(2)11-8/h7H,3-6,9H2,1-2H3. The lowest BCUT2D eigenvalue weighted by atomic mass is 10.2. The Hall–Kier alpha value is -1.01. The number of rotatable bonds is 6. The summed E-state index contributed by atoms with van der Waals surface area (Å²) < 4.78 is 5.32. The van der Waals surface area contributed by atoms with E-state index in [0.29, 0.717) is 18.9 Å². The highest BCUT2D eigenvalue weighted by Crippen LogP contribution is 1.93. The van der Waals surface area contributed by atoms with E-state index in [1.807, 2.05) is 0 Å². The van der Waals surface area contributed by atoms with E-state index >= 15 is 0 Å². The lowest BCUT2D eigenvalue weighted by Gasteiger charge is -2.08. The van der Waals surface area contributed by atoms with Crippen molar-refractivity contribution in [3.63, 3.8) is 0 Å². The number of hydrogen-bond acceptors (Lipinski definition) is 5. The van der Waals surface area contributed by atoms with Crippen LogP contribution in [-0.4, -0.2) is 39.5 Å². The summed E-state index contributed by atoms with van der Waals surface area (Å²) in [6, 6.07) is -0.0502. The van der Waals surface area contributed by atoms with Crippen molar-refractivity contribution in [1.82, 2.24) is 20.2 Å². The number of nitrogens with two attached hydrogens (primary N) is 1. The van der Waals surface area contributed by atoms with Gasteiger partial charge in [-0.3, -0.25) is 0 Å². The van der Waals surface area contributed by atoms with E-state index in [2.05, 4.69) is 22.3 Å². The van der Waals surface area contributed by atoms with Gasteiger partial charge in [-0.05, 0) is 11.6 Å². The first-order chi connectivity index (χ1) is 6.72. The van der Waals surface area contributed by atoms with Crippen LogP contribution in [0.1, 0.15) is 19.2 Å². The van der Waals surface area contributed by atoms with Crippen LogP contribution >= 0.6 is 0 Å². The van der Waals surface area contributed by atoms with E-state index in [0.717, 1.165) is 13.0 Å². The lowest BCUT2D eigenvalue weighted by molar-refractivity contribution is 0.121. The van der Waals surface area contributed by atoms with Gasteiger partial charge in [0.15, 0.2) is 5.82 Å². The predicted octanol–water partition coefficient (Wildman–Crippen LogP) is -0.493. The Kier molecular flexibility index (Phi) is 4.48. The SMILES string of the molecule is CCCOCC(N)Cc1nnn(C)n1. The quantitative estimate of drug-likeness (QED) is 0.625. The van der Waals surface area contributed by atoms with Crippen molar-refractivity contribution in [2.45, 2.75) is 25.8 Å². The molecule has 2 N–H and O–H groups in total. The van der Waals surface area contributed by atoms with Crippen molar-refractivity contribution in [3.8, 4) is 0 Å². The van der Waals surface area contributed by atoms with Crippen LogP contribution in [0.3, 0.4) is 0 Å². The number of aryl methyl sites for hydroxylation is 1. The predicted molar refractivity (Wildman–Crippen MR) is 51.6 cm³/mol. The molecule has 0 aliphatic rings. The van der Waals surface area contributed by atoms with E-state index in [1.54, 1.807) is 7.05 Å². The molecule has 0 aliphatic heterocycles. The Labute approximate surface area is 83.4 Å². The number of nitrogens with zero attached hydrogens (tertiary/aromatic N) is 4. The van der Waals surface area contributed by atoms with Crippen molar-refractivity contribution < 1.29 is 4.74 Å². The highest BCUT2D eigenvalue weighted by molar-refractivity contribution is 4.82. The Bertz CT molecular complexity index is 262. The van der Waals surface area contributed by atoms with Crippen molar-refractivity contribution in [1.29, 1.82) is 0 Å². The molecule has 0 aromatic carbocycles. The molecule has 0 amide bonds. The lowest BCUT2D eigenvalue weighted by Crippen LogP contribution is -2.29.